The van der Waals surface area contributed by atoms with E-state index in [4.69, 9.17) is 0 Å². The Morgan fingerprint density at radius 1 is 0.952 bits per heavy atom. The van der Waals surface area contributed by atoms with Crippen LogP contribution < -0.4 is 24.9 Å². The van der Waals surface area contributed by atoms with Gasteiger partial charge < -0.3 is 10.2 Å². The van der Waals surface area contributed by atoms with Gasteiger partial charge in [0, 0.05) is 25.3 Å². The minimum Gasteiger partial charge on any atom is -0.378 e. The van der Waals surface area contributed by atoms with Crippen LogP contribution in [0.4, 0.5) is 5.69 Å². The molecule has 5 N–H and O–H groups in total. The smallest absolute Gasteiger partial charge is 0.244 e. The van der Waals surface area contributed by atoms with Gasteiger partial charge in [0.2, 0.25) is 25.5 Å². The average molecular weight is 291 g/mol. The van der Waals surface area contributed by atoms with E-state index in [-0.39, 0.29) is 0 Å². The summed E-state index contributed by atoms with van der Waals surface area (Å²) in [6.07, 6.45) is 0. The van der Waals surface area contributed by atoms with Crippen LogP contribution >= 0.6 is 0 Å². The summed E-state index contributed by atoms with van der Waals surface area (Å²) >= 11 is 0. The van der Waals surface area contributed by atoms with E-state index in [9.17, 15) is 0 Å². The summed E-state index contributed by atoms with van der Waals surface area (Å²) in [6.45, 7) is 9.31. The van der Waals surface area contributed by atoms with Crippen molar-refractivity contribution < 1.29 is 20.0 Å². The third-order valence-electron chi connectivity index (χ3n) is 5.53. The van der Waals surface area contributed by atoms with Gasteiger partial charge in [0.1, 0.15) is 6.54 Å². The summed E-state index contributed by atoms with van der Waals surface area (Å²) in [6, 6.07) is 9.06. The lowest BCUT2D eigenvalue weighted by Gasteiger charge is -2.50. The zero-order chi connectivity index (χ0) is 14.4. The minimum atomic E-state index is 0.495. The molecule has 0 aromatic heterocycles. The maximum absolute atomic E-state index is 2.65. The molecular weight excluding hydrogens is 262 g/mol. The summed E-state index contributed by atoms with van der Waals surface area (Å²) in [5, 5.41) is 2.65. The summed E-state index contributed by atoms with van der Waals surface area (Å²) in [4.78, 5) is 7.63. The summed E-state index contributed by atoms with van der Waals surface area (Å²) in [5.74, 6) is 0. The Morgan fingerprint density at radius 2 is 1.48 bits per heavy atom. The van der Waals surface area contributed by atoms with Crippen LogP contribution in [0.15, 0.2) is 24.3 Å². The van der Waals surface area contributed by atoms with Gasteiger partial charge in [0.15, 0.2) is 19.6 Å². The van der Waals surface area contributed by atoms with Crippen LogP contribution in [0.3, 0.4) is 0 Å². The van der Waals surface area contributed by atoms with Gasteiger partial charge in [-0.1, -0.05) is 12.1 Å². The standard InChI is InChI=1S/C16H25N5/c1-18(2)15-5-3-14(4-6-15)7-17-16-8-19-11-20(9-16)13-21(10-16)12-19/h3-6,17H,7-13H2,1-2H3/p+4. The van der Waals surface area contributed by atoms with Crippen LogP contribution in [0.1, 0.15) is 5.56 Å². The number of benzene rings is 1. The van der Waals surface area contributed by atoms with Crippen molar-refractivity contribution in [2.75, 3.05) is 58.6 Å². The normalized spacial score (nSPS) is 37.0. The molecular formula is C16H29N5+4. The van der Waals surface area contributed by atoms with Gasteiger partial charge in [-0.05, 0) is 12.1 Å². The van der Waals surface area contributed by atoms with Gasteiger partial charge in [-0.15, -0.1) is 0 Å². The quantitative estimate of drug-likeness (QED) is 0.441. The van der Waals surface area contributed by atoms with Crippen LogP contribution in [-0.2, 0) is 6.54 Å². The number of nitrogens with two attached hydrogens (primary N) is 1. The van der Waals surface area contributed by atoms with Gasteiger partial charge in [0.25, 0.3) is 0 Å². The predicted molar refractivity (Wildman–Crippen MR) is 81.2 cm³/mol. The second-order valence-electron chi connectivity index (χ2n) is 7.64. The number of nitrogens with one attached hydrogen (secondary N) is 3. The van der Waals surface area contributed by atoms with Crippen molar-refractivity contribution in [2.24, 2.45) is 0 Å². The first-order valence-corrected chi connectivity index (χ1v) is 8.23. The Hall–Kier alpha value is -1.14. The number of nitrogens with zero attached hydrogens (tertiary/aromatic N) is 1. The van der Waals surface area contributed by atoms with E-state index < -0.39 is 0 Å². The summed E-state index contributed by atoms with van der Waals surface area (Å²) < 4.78 is 0. The Labute approximate surface area is 127 Å². The average Bonchev–Trinajstić information content (AvgIpc) is 2.44. The van der Waals surface area contributed by atoms with Gasteiger partial charge in [-0.2, -0.15) is 0 Å². The van der Waals surface area contributed by atoms with E-state index in [1.807, 2.05) is 14.7 Å². The van der Waals surface area contributed by atoms with E-state index in [1.54, 1.807) is 0 Å². The molecule has 4 aliphatic rings. The monoisotopic (exact) mass is 291 g/mol. The first kappa shape index (κ1) is 13.5. The van der Waals surface area contributed by atoms with Crippen LogP contribution in [0.2, 0.25) is 0 Å². The molecule has 5 heteroatoms. The molecule has 0 aliphatic carbocycles. The molecule has 4 heterocycles. The molecule has 0 radical (unpaired) electrons. The second-order valence-corrected chi connectivity index (χ2v) is 7.64. The first-order chi connectivity index (χ1) is 10.1. The van der Waals surface area contributed by atoms with Gasteiger partial charge in [0.05, 0.1) is 0 Å². The molecule has 1 aromatic rings. The highest BCUT2D eigenvalue weighted by atomic mass is 15.6. The Balaban J connectivity index is 1.42. The van der Waals surface area contributed by atoms with Crippen molar-refractivity contribution >= 4 is 5.69 Å². The highest BCUT2D eigenvalue weighted by Crippen LogP contribution is 2.11. The van der Waals surface area contributed by atoms with Crippen molar-refractivity contribution in [3.05, 3.63) is 29.8 Å². The van der Waals surface area contributed by atoms with Gasteiger partial charge >= 0.3 is 0 Å². The molecule has 0 saturated carbocycles. The van der Waals surface area contributed by atoms with Gasteiger partial charge in [-0.25, -0.2) is 14.7 Å². The molecule has 0 spiro atoms. The Kier molecular flexibility index (Phi) is 3.19. The molecule has 114 valence electrons. The molecule has 4 aliphatic heterocycles. The van der Waals surface area contributed by atoms with Crippen LogP contribution in [0, 0.1) is 0 Å². The molecule has 0 atom stereocenters. The van der Waals surface area contributed by atoms with E-state index in [0.29, 0.717) is 5.54 Å². The minimum absolute atomic E-state index is 0.495. The van der Waals surface area contributed by atoms with Crippen molar-refractivity contribution in [1.29, 1.82) is 0 Å². The molecule has 1 aromatic carbocycles. The number of rotatable bonds is 4. The number of anilines is 1. The van der Waals surface area contributed by atoms with E-state index in [2.05, 4.69) is 48.6 Å². The maximum atomic E-state index is 2.65. The van der Waals surface area contributed by atoms with Crippen LogP contribution in [0.25, 0.3) is 0 Å². The van der Waals surface area contributed by atoms with Crippen LogP contribution in [-0.4, -0.2) is 59.3 Å². The van der Waals surface area contributed by atoms with E-state index in [1.165, 1.54) is 50.9 Å². The van der Waals surface area contributed by atoms with Gasteiger partial charge in [-0.3, -0.25) is 0 Å². The van der Waals surface area contributed by atoms with Crippen molar-refractivity contribution in [1.82, 2.24) is 0 Å². The van der Waals surface area contributed by atoms with Crippen molar-refractivity contribution in [2.45, 2.75) is 12.1 Å². The van der Waals surface area contributed by atoms with E-state index >= 15 is 0 Å². The highest BCUT2D eigenvalue weighted by Gasteiger charge is 2.60. The molecule has 21 heavy (non-hydrogen) atoms. The number of quaternary nitrogens is 4. The molecule has 0 amide bonds. The second kappa shape index (κ2) is 4.95. The lowest BCUT2D eigenvalue weighted by atomic mass is 9.90. The van der Waals surface area contributed by atoms with E-state index in [0.717, 1.165) is 6.54 Å². The third-order valence-corrected chi connectivity index (χ3v) is 5.53. The molecule has 5 nitrogen and oxygen atoms in total. The molecule has 0 unspecified atom stereocenters. The van der Waals surface area contributed by atoms with Crippen molar-refractivity contribution in [3.63, 3.8) is 0 Å². The zero-order valence-corrected chi connectivity index (χ0v) is 13.3. The molecule has 5 rings (SSSR count). The van der Waals surface area contributed by atoms with Crippen molar-refractivity contribution in [3.8, 4) is 0 Å². The fourth-order valence-corrected chi connectivity index (χ4v) is 4.79. The molecule has 4 saturated heterocycles. The summed E-state index contributed by atoms with van der Waals surface area (Å²) in [7, 11) is 4.20. The molecule has 4 fully saturated rings. The number of hydrogen-bond donors (Lipinski definition) is 4. The lowest BCUT2D eigenvalue weighted by molar-refractivity contribution is -1.31. The predicted octanol–water partition coefficient (Wildman–Crippen LogP) is -4.88. The fraction of sp³-hybridized carbons (Fsp3) is 0.625. The zero-order valence-electron chi connectivity index (χ0n) is 13.3. The third kappa shape index (κ3) is 2.55. The Bertz CT molecular complexity index is 475. The Morgan fingerprint density at radius 3 is 1.95 bits per heavy atom. The topological polar surface area (TPSA) is 33.2 Å². The number of hydrogen-bond acceptors (Lipinski definition) is 1. The van der Waals surface area contributed by atoms with Crippen LogP contribution in [0.5, 0.6) is 0 Å². The molecule has 4 bridgehead atoms. The largest absolute Gasteiger partial charge is 0.378 e. The highest BCUT2D eigenvalue weighted by molar-refractivity contribution is 5.45. The summed E-state index contributed by atoms with van der Waals surface area (Å²) in [5.41, 5.74) is 3.24. The fourth-order valence-electron chi connectivity index (χ4n) is 4.79. The maximum Gasteiger partial charge on any atom is 0.244 e. The SMILES string of the molecule is CN(C)c1ccc(C[NH2+]C23C[NH+]4C[NH+](C[NH+](C4)C2)C3)cc1. The first-order valence-electron chi connectivity index (χ1n) is 8.23. The lowest BCUT2D eigenvalue weighted by Crippen LogP contribution is -3.58.